The fourth-order valence-corrected chi connectivity index (χ4v) is 1.96. The average Bonchev–Trinajstić information content (AvgIpc) is 2.61. The topological polar surface area (TPSA) is 30.7 Å². The van der Waals surface area contributed by atoms with E-state index < -0.39 is 0 Å². The minimum Gasteiger partial charge on any atom is -0.332 e. The largest absolute Gasteiger partial charge is 0.332 e. The first kappa shape index (κ1) is 13.0. The van der Waals surface area contributed by atoms with Gasteiger partial charge < -0.3 is 4.57 Å². The Bertz CT molecular complexity index is 462. The van der Waals surface area contributed by atoms with Crippen molar-refractivity contribution in [2.45, 2.75) is 40.7 Å². The summed E-state index contributed by atoms with van der Waals surface area (Å²) in [6.45, 7) is 9.14. The summed E-state index contributed by atoms with van der Waals surface area (Å²) in [7, 11) is 0. The van der Waals surface area contributed by atoms with Crippen molar-refractivity contribution in [3.05, 3.63) is 23.2 Å². The zero-order chi connectivity index (χ0) is 12.1. The highest BCUT2D eigenvalue weighted by Gasteiger charge is 2.09. The van der Waals surface area contributed by atoms with E-state index >= 15 is 0 Å². The highest BCUT2D eigenvalue weighted by Crippen LogP contribution is 2.24. The van der Waals surface area contributed by atoms with Crippen molar-refractivity contribution < 1.29 is 0 Å². The van der Waals surface area contributed by atoms with Gasteiger partial charge >= 0.3 is 0 Å². The van der Waals surface area contributed by atoms with Gasteiger partial charge in [-0.2, -0.15) is 0 Å². The zero-order valence-electron chi connectivity index (χ0n) is 10.3. The van der Waals surface area contributed by atoms with Crippen molar-refractivity contribution in [3.63, 3.8) is 0 Å². The van der Waals surface area contributed by atoms with Gasteiger partial charge in [-0.3, -0.25) is 0 Å². The predicted octanol–water partition coefficient (Wildman–Crippen LogP) is 3.83. The Morgan fingerprint density at radius 1 is 1.31 bits per heavy atom. The molecule has 0 atom stereocenters. The molecular formula is C12H18ClN3. The molecule has 0 aromatic carbocycles. The Morgan fingerprint density at radius 2 is 2.00 bits per heavy atom. The maximum absolute atomic E-state index is 6.01. The van der Waals surface area contributed by atoms with Crippen LogP contribution in [-0.4, -0.2) is 14.5 Å². The molecule has 0 aliphatic rings. The van der Waals surface area contributed by atoms with Crippen molar-refractivity contribution in [1.29, 1.82) is 0 Å². The fourth-order valence-electron chi connectivity index (χ4n) is 1.68. The molecule has 0 unspecified atom stereocenters. The monoisotopic (exact) mass is 239 g/mol. The van der Waals surface area contributed by atoms with E-state index in [-0.39, 0.29) is 0 Å². The Labute approximate surface area is 101 Å². The third-order valence-corrected chi connectivity index (χ3v) is 2.55. The molecule has 2 rings (SSSR count). The van der Waals surface area contributed by atoms with E-state index in [0.29, 0.717) is 5.15 Å². The first-order chi connectivity index (χ1) is 7.74. The maximum atomic E-state index is 6.01. The standard InChI is InChI=1S/C10H12ClN3.C2H6/c1-3-4-14-5-7(2)8-9(11)12-6-13-10(8)14;1-2/h5-6H,3-4H2,1-2H3;1-2H3. The van der Waals surface area contributed by atoms with Gasteiger partial charge in [0.2, 0.25) is 0 Å². The Hall–Kier alpha value is -1.09. The van der Waals surface area contributed by atoms with Gasteiger partial charge in [0.15, 0.2) is 0 Å². The van der Waals surface area contributed by atoms with E-state index in [0.717, 1.165) is 29.6 Å². The van der Waals surface area contributed by atoms with Crippen LogP contribution in [-0.2, 0) is 6.54 Å². The second-order valence-electron chi connectivity index (χ2n) is 3.37. The molecule has 0 saturated carbocycles. The van der Waals surface area contributed by atoms with E-state index in [4.69, 9.17) is 11.6 Å². The lowest BCUT2D eigenvalue weighted by Crippen LogP contribution is -1.95. The second-order valence-corrected chi connectivity index (χ2v) is 3.73. The molecular weight excluding hydrogens is 222 g/mol. The summed E-state index contributed by atoms with van der Waals surface area (Å²) in [5.74, 6) is 0. The van der Waals surface area contributed by atoms with Crippen LogP contribution in [0.1, 0.15) is 32.8 Å². The summed E-state index contributed by atoms with van der Waals surface area (Å²) in [6.07, 6.45) is 4.68. The summed E-state index contributed by atoms with van der Waals surface area (Å²) >= 11 is 6.01. The van der Waals surface area contributed by atoms with Gasteiger partial charge in [0.1, 0.15) is 17.1 Å². The predicted molar refractivity (Wildman–Crippen MR) is 68.9 cm³/mol. The molecule has 0 fully saturated rings. The number of halogens is 1. The van der Waals surface area contributed by atoms with Crippen molar-refractivity contribution in [2.75, 3.05) is 0 Å². The van der Waals surface area contributed by atoms with Gasteiger partial charge in [-0.25, -0.2) is 9.97 Å². The lowest BCUT2D eigenvalue weighted by Gasteiger charge is -2.00. The summed E-state index contributed by atoms with van der Waals surface area (Å²) < 4.78 is 2.12. The number of aromatic nitrogens is 3. The molecule has 0 spiro atoms. The SMILES string of the molecule is CC.CCCn1cc(C)c2c(Cl)ncnc21. The van der Waals surface area contributed by atoms with Crippen LogP contribution in [0.25, 0.3) is 11.0 Å². The third-order valence-electron chi connectivity index (χ3n) is 2.26. The summed E-state index contributed by atoms with van der Waals surface area (Å²) in [5, 5.41) is 1.52. The smallest absolute Gasteiger partial charge is 0.145 e. The molecule has 0 N–H and O–H groups in total. The summed E-state index contributed by atoms with van der Waals surface area (Å²) in [4.78, 5) is 8.23. The molecule has 4 heteroatoms. The maximum Gasteiger partial charge on any atom is 0.145 e. The molecule has 0 aliphatic carbocycles. The molecule has 0 aliphatic heterocycles. The van der Waals surface area contributed by atoms with Gasteiger partial charge in [-0.1, -0.05) is 32.4 Å². The van der Waals surface area contributed by atoms with Gasteiger partial charge in [-0.05, 0) is 18.9 Å². The van der Waals surface area contributed by atoms with E-state index in [2.05, 4.69) is 27.7 Å². The average molecular weight is 240 g/mol. The molecule has 2 heterocycles. The van der Waals surface area contributed by atoms with E-state index in [1.807, 2.05) is 20.8 Å². The quantitative estimate of drug-likeness (QED) is 0.746. The lowest BCUT2D eigenvalue weighted by atomic mass is 10.3. The first-order valence-electron chi connectivity index (χ1n) is 5.70. The van der Waals surface area contributed by atoms with Gasteiger partial charge in [-0.15, -0.1) is 0 Å². The number of hydrogen-bond donors (Lipinski definition) is 0. The molecule has 16 heavy (non-hydrogen) atoms. The minimum atomic E-state index is 0.544. The van der Waals surface area contributed by atoms with Crippen LogP contribution in [0.2, 0.25) is 5.15 Å². The van der Waals surface area contributed by atoms with Crippen LogP contribution in [0.4, 0.5) is 0 Å². The van der Waals surface area contributed by atoms with Crippen molar-refractivity contribution in [2.24, 2.45) is 0 Å². The number of fused-ring (bicyclic) bond motifs is 1. The number of nitrogens with zero attached hydrogens (tertiary/aromatic N) is 3. The van der Waals surface area contributed by atoms with Crippen LogP contribution < -0.4 is 0 Å². The third kappa shape index (κ3) is 2.35. The molecule has 88 valence electrons. The van der Waals surface area contributed by atoms with Gasteiger partial charge in [0, 0.05) is 12.7 Å². The van der Waals surface area contributed by atoms with Crippen molar-refractivity contribution >= 4 is 22.6 Å². The Balaban J connectivity index is 0.000000606. The molecule has 0 saturated heterocycles. The zero-order valence-corrected chi connectivity index (χ0v) is 11.0. The van der Waals surface area contributed by atoms with Crippen LogP contribution >= 0.6 is 11.6 Å². The molecule has 2 aromatic heterocycles. The molecule has 3 nitrogen and oxygen atoms in total. The lowest BCUT2D eigenvalue weighted by molar-refractivity contribution is 0.696. The highest BCUT2D eigenvalue weighted by molar-refractivity contribution is 6.34. The Kier molecular flexibility index (Phi) is 4.74. The van der Waals surface area contributed by atoms with Crippen molar-refractivity contribution in [3.8, 4) is 0 Å². The highest BCUT2D eigenvalue weighted by atomic mass is 35.5. The molecule has 0 radical (unpaired) electrons. The minimum absolute atomic E-state index is 0.544. The summed E-state index contributed by atoms with van der Waals surface area (Å²) in [6, 6.07) is 0. The fraction of sp³-hybridized carbons (Fsp3) is 0.500. The molecule has 2 aromatic rings. The Morgan fingerprint density at radius 3 is 2.62 bits per heavy atom. The van der Waals surface area contributed by atoms with Crippen LogP contribution in [0.5, 0.6) is 0 Å². The number of hydrogen-bond acceptors (Lipinski definition) is 2. The van der Waals surface area contributed by atoms with Crippen LogP contribution in [0.15, 0.2) is 12.5 Å². The van der Waals surface area contributed by atoms with Crippen LogP contribution in [0, 0.1) is 6.92 Å². The first-order valence-corrected chi connectivity index (χ1v) is 6.07. The summed E-state index contributed by atoms with van der Waals surface area (Å²) in [5.41, 5.74) is 2.07. The van der Waals surface area contributed by atoms with Crippen molar-refractivity contribution in [1.82, 2.24) is 14.5 Å². The van der Waals surface area contributed by atoms with Gasteiger partial charge in [0.05, 0.1) is 5.39 Å². The second kappa shape index (κ2) is 5.85. The van der Waals surface area contributed by atoms with Gasteiger partial charge in [0.25, 0.3) is 0 Å². The van der Waals surface area contributed by atoms with Crippen LogP contribution in [0.3, 0.4) is 0 Å². The number of aryl methyl sites for hydroxylation is 2. The normalized spacial score (nSPS) is 10.1. The van der Waals surface area contributed by atoms with E-state index in [1.54, 1.807) is 0 Å². The van der Waals surface area contributed by atoms with E-state index in [1.165, 1.54) is 6.33 Å². The molecule has 0 amide bonds. The molecule has 0 bridgehead atoms. The number of rotatable bonds is 2. The van der Waals surface area contributed by atoms with E-state index in [9.17, 15) is 0 Å².